The van der Waals surface area contributed by atoms with Gasteiger partial charge in [-0.3, -0.25) is 19.7 Å². The maximum Gasteiger partial charge on any atom is 0.271 e. The Hall–Kier alpha value is -2.94. The molecule has 1 amide bonds. The topological polar surface area (TPSA) is 144 Å². The van der Waals surface area contributed by atoms with E-state index in [9.17, 15) is 19.7 Å². The molecule has 0 fully saturated rings. The molecule has 21 heavy (non-hydrogen) atoms. The van der Waals surface area contributed by atoms with Gasteiger partial charge in [0.2, 0.25) is 0 Å². The number of nitro groups is 1. The summed E-state index contributed by atoms with van der Waals surface area (Å²) in [5, 5.41) is 18.7. The van der Waals surface area contributed by atoms with Crippen molar-refractivity contribution in [3.8, 4) is 0 Å². The highest BCUT2D eigenvalue weighted by Gasteiger charge is 2.19. The van der Waals surface area contributed by atoms with Crippen molar-refractivity contribution >= 4 is 34.7 Å². The van der Waals surface area contributed by atoms with Crippen LogP contribution in [-0.2, 0) is 0 Å². The molecule has 1 heterocycles. The van der Waals surface area contributed by atoms with E-state index in [0.717, 1.165) is 18.2 Å². The van der Waals surface area contributed by atoms with E-state index in [1.165, 1.54) is 6.07 Å². The Bertz CT molecular complexity index is 768. The largest absolute Gasteiger partial charge is 0.397 e. The fourth-order valence-corrected chi connectivity index (χ4v) is 1.71. The number of hydrogen-bond acceptors (Lipinski definition) is 6. The van der Waals surface area contributed by atoms with Crippen LogP contribution in [-0.4, -0.2) is 21.0 Å². The molecule has 4 N–H and O–H groups in total. The van der Waals surface area contributed by atoms with Crippen LogP contribution in [0.3, 0.4) is 0 Å². The zero-order chi connectivity index (χ0) is 15.6. The quantitative estimate of drug-likeness (QED) is 0.441. The van der Waals surface area contributed by atoms with E-state index in [1.54, 1.807) is 0 Å². The lowest BCUT2D eigenvalue weighted by atomic mass is 10.1. The van der Waals surface area contributed by atoms with Gasteiger partial charge in [0.25, 0.3) is 17.2 Å². The molecule has 0 spiro atoms. The third-order valence-electron chi connectivity index (χ3n) is 2.49. The number of rotatable bonds is 3. The van der Waals surface area contributed by atoms with Gasteiger partial charge in [-0.15, -0.1) is 0 Å². The normalized spacial score (nSPS) is 10.1. The van der Waals surface area contributed by atoms with Gasteiger partial charge in [-0.2, -0.15) is 5.10 Å². The number of non-ortho nitro benzene ring substituents is 1. The Labute approximate surface area is 121 Å². The SMILES string of the molecule is Nc1c(Cl)cc([N+](=O)[O-])cc1C(=O)Nc1ccc(=O)[nH]n1. The standard InChI is InChI=1S/C11H8ClN5O4/c12-7-4-5(17(20)21)3-6(10(7)13)11(19)14-8-1-2-9(18)16-15-8/h1-4H,13H2,(H,16,18)(H,14,15,19). The average Bonchev–Trinajstić information content (AvgIpc) is 2.43. The molecule has 2 rings (SSSR count). The van der Waals surface area contributed by atoms with Crippen molar-refractivity contribution in [2.45, 2.75) is 0 Å². The van der Waals surface area contributed by atoms with Gasteiger partial charge in [0.15, 0.2) is 5.82 Å². The van der Waals surface area contributed by atoms with Crippen LogP contribution in [0, 0.1) is 10.1 Å². The van der Waals surface area contributed by atoms with Crippen LogP contribution in [0.1, 0.15) is 10.4 Å². The molecular formula is C11H8ClN5O4. The molecule has 0 atom stereocenters. The summed E-state index contributed by atoms with van der Waals surface area (Å²) >= 11 is 5.76. The number of benzene rings is 1. The van der Waals surface area contributed by atoms with Gasteiger partial charge in [0.1, 0.15) is 0 Å². The van der Waals surface area contributed by atoms with Gasteiger partial charge in [-0.05, 0) is 6.07 Å². The summed E-state index contributed by atoms with van der Waals surface area (Å²) in [6.45, 7) is 0. The van der Waals surface area contributed by atoms with Crippen molar-refractivity contribution < 1.29 is 9.72 Å². The first-order chi connectivity index (χ1) is 9.88. The Morgan fingerprint density at radius 2 is 2.14 bits per heavy atom. The van der Waals surface area contributed by atoms with Crippen molar-refractivity contribution in [1.82, 2.24) is 10.2 Å². The molecule has 0 aliphatic rings. The molecule has 10 heteroatoms. The number of amides is 1. The number of hydrogen-bond donors (Lipinski definition) is 3. The number of anilines is 2. The summed E-state index contributed by atoms with van der Waals surface area (Å²) in [6.07, 6.45) is 0. The summed E-state index contributed by atoms with van der Waals surface area (Å²) in [5.74, 6) is -0.681. The molecule has 0 aliphatic carbocycles. The number of carbonyl (C=O) groups excluding carboxylic acids is 1. The summed E-state index contributed by atoms with van der Waals surface area (Å²) in [5.41, 5.74) is 4.57. The summed E-state index contributed by atoms with van der Waals surface area (Å²) in [6, 6.07) is 4.48. The van der Waals surface area contributed by atoms with Crippen LogP contribution in [0.15, 0.2) is 29.1 Å². The number of carbonyl (C=O) groups is 1. The van der Waals surface area contributed by atoms with E-state index >= 15 is 0 Å². The van der Waals surface area contributed by atoms with Crippen molar-refractivity contribution in [1.29, 1.82) is 0 Å². The van der Waals surface area contributed by atoms with Crippen molar-refractivity contribution in [2.75, 3.05) is 11.1 Å². The number of nitro benzene ring substituents is 1. The Morgan fingerprint density at radius 1 is 1.43 bits per heavy atom. The molecule has 0 radical (unpaired) electrons. The molecule has 0 aliphatic heterocycles. The lowest BCUT2D eigenvalue weighted by Gasteiger charge is -2.07. The average molecular weight is 310 g/mol. The third-order valence-corrected chi connectivity index (χ3v) is 2.80. The van der Waals surface area contributed by atoms with E-state index in [4.69, 9.17) is 17.3 Å². The lowest BCUT2D eigenvalue weighted by Crippen LogP contribution is -2.17. The fraction of sp³-hybridized carbons (Fsp3) is 0. The summed E-state index contributed by atoms with van der Waals surface area (Å²) in [4.78, 5) is 33.0. The monoisotopic (exact) mass is 309 g/mol. The first-order valence-electron chi connectivity index (χ1n) is 5.49. The zero-order valence-corrected chi connectivity index (χ0v) is 11.0. The van der Waals surface area contributed by atoms with Gasteiger partial charge in [-0.1, -0.05) is 11.6 Å². The number of nitrogen functional groups attached to an aromatic ring is 1. The predicted molar refractivity (Wildman–Crippen MR) is 75.3 cm³/mol. The number of halogens is 1. The van der Waals surface area contributed by atoms with Gasteiger partial charge in [-0.25, -0.2) is 5.10 Å². The summed E-state index contributed by atoms with van der Waals surface area (Å²) < 4.78 is 0. The van der Waals surface area contributed by atoms with Crippen LogP contribution < -0.4 is 16.6 Å². The molecule has 2 aromatic rings. The molecule has 0 saturated heterocycles. The third kappa shape index (κ3) is 3.15. The smallest absolute Gasteiger partial charge is 0.271 e. The van der Waals surface area contributed by atoms with E-state index in [-0.39, 0.29) is 27.8 Å². The number of nitrogens with one attached hydrogen (secondary N) is 2. The number of nitrogens with zero attached hydrogens (tertiary/aromatic N) is 2. The Balaban J connectivity index is 2.36. The van der Waals surface area contributed by atoms with Crippen molar-refractivity contribution in [3.63, 3.8) is 0 Å². The molecule has 0 bridgehead atoms. The first-order valence-corrected chi connectivity index (χ1v) is 5.87. The second kappa shape index (κ2) is 5.59. The van der Waals surface area contributed by atoms with Gasteiger partial charge in [0, 0.05) is 18.2 Å². The predicted octanol–water partition coefficient (Wildman–Crippen LogP) is 1.17. The maximum absolute atomic E-state index is 12.0. The van der Waals surface area contributed by atoms with E-state index in [1.807, 2.05) is 0 Å². The van der Waals surface area contributed by atoms with Gasteiger partial charge >= 0.3 is 0 Å². The molecule has 9 nitrogen and oxygen atoms in total. The Morgan fingerprint density at radius 3 is 2.71 bits per heavy atom. The van der Waals surface area contributed by atoms with Crippen LogP contribution in [0.5, 0.6) is 0 Å². The molecule has 1 aromatic heterocycles. The maximum atomic E-state index is 12.0. The summed E-state index contributed by atoms with van der Waals surface area (Å²) in [7, 11) is 0. The second-order valence-corrected chi connectivity index (χ2v) is 4.31. The van der Waals surface area contributed by atoms with Crippen LogP contribution in [0.25, 0.3) is 0 Å². The van der Waals surface area contributed by atoms with Crippen LogP contribution >= 0.6 is 11.6 Å². The lowest BCUT2D eigenvalue weighted by molar-refractivity contribution is -0.384. The van der Waals surface area contributed by atoms with Crippen LogP contribution in [0.4, 0.5) is 17.2 Å². The molecule has 108 valence electrons. The number of aromatic amines is 1. The number of H-pyrrole nitrogens is 1. The zero-order valence-electron chi connectivity index (χ0n) is 10.3. The minimum atomic E-state index is -0.738. The van der Waals surface area contributed by atoms with E-state index in [2.05, 4.69) is 15.5 Å². The van der Waals surface area contributed by atoms with E-state index < -0.39 is 16.4 Å². The highest BCUT2D eigenvalue weighted by atomic mass is 35.5. The molecule has 1 aromatic carbocycles. The van der Waals surface area contributed by atoms with E-state index in [0.29, 0.717) is 0 Å². The fourth-order valence-electron chi connectivity index (χ4n) is 1.49. The van der Waals surface area contributed by atoms with Crippen molar-refractivity contribution in [2.24, 2.45) is 0 Å². The highest BCUT2D eigenvalue weighted by molar-refractivity contribution is 6.34. The minimum Gasteiger partial charge on any atom is -0.397 e. The number of nitrogens with two attached hydrogens (primary N) is 1. The van der Waals surface area contributed by atoms with Crippen LogP contribution in [0.2, 0.25) is 5.02 Å². The van der Waals surface area contributed by atoms with Gasteiger partial charge < -0.3 is 11.1 Å². The second-order valence-electron chi connectivity index (χ2n) is 3.91. The molecule has 0 saturated carbocycles. The number of aromatic nitrogens is 2. The Kier molecular flexibility index (Phi) is 3.85. The molecular weight excluding hydrogens is 302 g/mol. The minimum absolute atomic E-state index is 0.0571. The van der Waals surface area contributed by atoms with Crippen molar-refractivity contribution in [3.05, 3.63) is 55.3 Å². The van der Waals surface area contributed by atoms with Gasteiger partial charge in [0.05, 0.1) is 21.2 Å². The first kappa shape index (κ1) is 14.5. The highest BCUT2D eigenvalue weighted by Crippen LogP contribution is 2.29. The molecule has 0 unspecified atom stereocenters.